The first kappa shape index (κ1) is 24.6. The van der Waals surface area contributed by atoms with Crippen LogP contribution in [0.4, 0.5) is 0 Å². The molecule has 2 fully saturated rings. The number of carbonyl (C=O) groups excluding carboxylic acids is 2. The molecule has 0 aromatic heterocycles. The van der Waals surface area contributed by atoms with Crippen molar-refractivity contribution in [1.29, 1.82) is 0 Å². The normalized spacial score (nSPS) is 21.2. The summed E-state index contributed by atoms with van der Waals surface area (Å²) in [7, 11) is 0. The fourth-order valence-corrected chi connectivity index (χ4v) is 5.31. The van der Waals surface area contributed by atoms with E-state index in [-0.39, 0.29) is 17.4 Å². The number of carbonyl (C=O) groups is 2. The summed E-state index contributed by atoms with van der Waals surface area (Å²) in [5.74, 6) is 0.308. The van der Waals surface area contributed by atoms with Crippen LogP contribution in [-0.4, -0.2) is 66.1 Å². The molecule has 2 aromatic carbocycles. The molecule has 180 valence electrons. The maximum Gasteiger partial charge on any atom is 0.222 e. The van der Waals surface area contributed by atoms with Crippen molar-refractivity contribution >= 4 is 29.7 Å². The third-order valence-corrected chi connectivity index (χ3v) is 7.70. The van der Waals surface area contributed by atoms with Crippen LogP contribution in [0.1, 0.15) is 36.8 Å². The van der Waals surface area contributed by atoms with Crippen LogP contribution >= 0.6 is 11.8 Å². The molecule has 2 heterocycles. The van der Waals surface area contributed by atoms with Crippen LogP contribution in [0.2, 0.25) is 0 Å². The molecule has 5 nitrogen and oxygen atoms in total. The van der Waals surface area contributed by atoms with Gasteiger partial charge in [0.05, 0.1) is 0 Å². The lowest BCUT2D eigenvalue weighted by molar-refractivity contribution is -0.133. The zero-order valence-corrected chi connectivity index (χ0v) is 20.9. The van der Waals surface area contributed by atoms with Gasteiger partial charge in [-0.3, -0.25) is 14.5 Å². The van der Waals surface area contributed by atoms with Crippen LogP contribution in [0, 0.1) is 0 Å². The lowest BCUT2D eigenvalue weighted by Crippen LogP contribution is -2.49. The molecule has 0 saturated carbocycles. The van der Waals surface area contributed by atoms with Gasteiger partial charge in [0.2, 0.25) is 11.8 Å². The summed E-state index contributed by atoms with van der Waals surface area (Å²) in [6, 6.07) is 18.9. The number of nitrogens with zero attached hydrogens (tertiary/aromatic N) is 2. The van der Waals surface area contributed by atoms with Crippen molar-refractivity contribution in [1.82, 2.24) is 15.1 Å². The van der Waals surface area contributed by atoms with E-state index in [4.69, 9.17) is 0 Å². The zero-order chi connectivity index (χ0) is 23.8. The summed E-state index contributed by atoms with van der Waals surface area (Å²) >= 11 is 1.73. The summed E-state index contributed by atoms with van der Waals surface area (Å²) in [6.45, 7) is 4.24. The largest absolute Gasteiger partial charge is 0.350 e. The Hall–Kier alpha value is -2.57. The number of benzene rings is 2. The first-order chi connectivity index (χ1) is 16.5. The van der Waals surface area contributed by atoms with Crippen molar-refractivity contribution in [2.24, 2.45) is 0 Å². The van der Waals surface area contributed by atoms with Crippen molar-refractivity contribution in [3.8, 4) is 0 Å². The Labute approximate surface area is 207 Å². The predicted octanol–water partition coefficient (Wildman–Crippen LogP) is 4.24. The van der Waals surface area contributed by atoms with Crippen LogP contribution < -0.4 is 5.32 Å². The fraction of sp³-hybridized carbons (Fsp3) is 0.429. The molecule has 2 amide bonds. The Morgan fingerprint density at radius 2 is 1.79 bits per heavy atom. The number of nitrogens with one attached hydrogen (secondary N) is 1. The highest BCUT2D eigenvalue weighted by atomic mass is 32.2. The van der Waals surface area contributed by atoms with Crippen LogP contribution in [0.5, 0.6) is 0 Å². The van der Waals surface area contributed by atoms with Gasteiger partial charge in [0, 0.05) is 56.0 Å². The quantitative estimate of drug-likeness (QED) is 0.549. The van der Waals surface area contributed by atoms with Gasteiger partial charge in [-0.2, -0.15) is 0 Å². The minimum Gasteiger partial charge on any atom is -0.350 e. The van der Waals surface area contributed by atoms with E-state index in [9.17, 15) is 9.59 Å². The molecule has 0 aliphatic carbocycles. The summed E-state index contributed by atoms with van der Waals surface area (Å²) in [5.41, 5.74) is 2.12. The minimum atomic E-state index is -0.308. The average molecular weight is 478 g/mol. The van der Waals surface area contributed by atoms with Gasteiger partial charge in [-0.1, -0.05) is 54.6 Å². The Morgan fingerprint density at radius 1 is 1.06 bits per heavy atom. The van der Waals surface area contributed by atoms with E-state index in [1.165, 1.54) is 16.0 Å². The van der Waals surface area contributed by atoms with E-state index in [0.29, 0.717) is 19.3 Å². The van der Waals surface area contributed by atoms with Crippen molar-refractivity contribution in [2.75, 3.05) is 39.0 Å². The van der Waals surface area contributed by atoms with Gasteiger partial charge in [-0.25, -0.2) is 0 Å². The van der Waals surface area contributed by atoms with Gasteiger partial charge in [0.1, 0.15) is 0 Å². The minimum absolute atomic E-state index is 0.102. The van der Waals surface area contributed by atoms with Crippen LogP contribution in [0.3, 0.4) is 0 Å². The lowest BCUT2D eigenvalue weighted by Gasteiger charge is -2.35. The van der Waals surface area contributed by atoms with Crippen molar-refractivity contribution in [3.63, 3.8) is 0 Å². The molecule has 0 spiro atoms. The van der Waals surface area contributed by atoms with E-state index in [1.807, 2.05) is 23.1 Å². The Morgan fingerprint density at radius 3 is 2.44 bits per heavy atom. The van der Waals surface area contributed by atoms with E-state index in [0.717, 1.165) is 45.6 Å². The topological polar surface area (TPSA) is 52.7 Å². The molecule has 6 heteroatoms. The molecule has 2 aliphatic heterocycles. The molecule has 4 rings (SSSR count). The summed E-state index contributed by atoms with van der Waals surface area (Å²) in [4.78, 5) is 30.7. The molecule has 2 aliphatic rings. The summed E-state index contributed by atoms with van der Waals surface area (Å²) in [6.07, 6.45) is 9.73. The van der Waals surface area contributed by atoms with Gasteiger partial charge in [0.15, 0.2) is 0 Å². The summed E-state index contributed by atoms with van der Waals surface area (Å²) < 4.78 is 0. The molecule has 2 aromatic rings. The van der Waals surface area contributed by atoms with E-state index < -0.39 is 0 Å². The number of hydrogen-bond acceptors (Lipinski definition) is 4. The molecule has 1 N–H and O–H groups in total. The standard InChI is InChI=1S/C28H35N3O2S/c1-34-25-11-9-24(10-12-25)22-28(15-13-26(32)29-28)16-14-27(33)31-20-18-30(19-21-31)17-5-8-23-6-3-2-4-7-23/h2-12H,13-22H2,1H3,(H,29,32)/b8-5+. The van der Waals surface area contributed by atoms with E-state index >= 15 is 0 Å². The number of hydrogen-bond donors (Lipinski definition) is 1. The molecule has 0 radical (unpaired) electrons. The molecule has 0 bridgehead atoms. The second-order valence-corrected chi connectivity index (χ2v) is 10.2. The van der Waals surface area contributed by atoms with Crippen LogP contribution in [0.15, 0.2) is 65.6 Å². The maximum absolute atomic E-state index is 13.0. The van der Waals surface area contributed by atoms with Crippen LogP contribution in [0.25, 0.3) is 6.08 Å². The molecular weight excluding hydrogens is 442 g/mol. The third kappa shape index (κ3) is 6.73. The molecule has 1 atom stereocenters. The van der Waals surface area contributed by atoms with E-state index in [2.05, 4.69) is 65.0 Å². The first-order valence-corrected chi connectivity index (χ1v) is 13.4. The SMILES string of the molecule is CSc1ccc(CC2(CCC(=O)N3CCN(C/C=C/c4ccccc4)CC3)CCC(=O)N2)cc1. The van der Waals surface area contributed by atoms with Gasteiger partial charge < -0.3 is 10.2 Å². The smallest absolute Gasteiger partial charge is 0.222 e. The fourth-order valence-electron chi connectivity index (χ4n) is 4.90. The number of amides is 2. The zero-order valence-electron chi connectivity index (χ0n) is 20.0. The Balaban J connectivity index is 1.25. The first-order valence-electron chi connectivity index (χ1n) is 12.2. The Kier molecular flexibility index (Phi) is 8.46. The van der Waals surface area contributed by atoms with Gasteiger partial charge in [0.25, 0.3) is 0 Å². The van der Waals surface area contributed by atoms with Crippen molar-refractivity contribution in [3.05, 3.63) is 71.8 Å². The highest BCUT2D eigenvalue weighted by Crippen LogP contribution is 2.30. The van der Waals surface area contributed by atoms with Crippen molar-refractivity contribution < 1.29 is 9.59 Å². The monoisotopic (exact) mass is 477 g/mol. The second kappa shape index (κ2) is 11.7. The highest BCUT2D eigenvalue weighted by molar-refractivity contribution is 7.98. The summed E-state index contributed by atoms with van der Waals surface area (Å²) in [5, 5.41) is 3.22. The van der Waals surface area contributed by atoms with Gasteiger partial charge >= 0.3 is 0 Å². The van der Waals surface area contributed by atoms with Gasteiger partial charge in [-0.15, -0.1) is 11.8 Å². The number of rotatable bonds is 9. The van der Waals surface area contributed by atoms with Crippen LogP contribution in [-0.2, 0) is 16.0 Å². The third-order valence-electron chi connectivity index (χ3n) is 6.95. The van der Waals surface area contributed by atoms with E-state index in [1.54, 1.807) is 11.8 Å². The molecule has 2 saturated heterocycles. The average Bonchev–Trinajstić information content (AvgIpc) is 3.24. The molecule has 34 heavy (non-hydrogen) atoms. The molecular formula is C28H35N3O2S. The lowest BCUT2D eigenvalue weighted by atomic mass is 9.85. The van der Waals surface area contributed by atoms with Crippen molar-refractivity contribution in [2.45, 2.75) is 42.5 Å². The second-order valence-electron chi connectivity index (χ2n) is 9.35. The Bertz CT molecular complexity index is 984. The maximum atomic E-state index is 13.0. The van der Waals surface area contributed by atoms with Gasteiger partial charge in [-0.05, 0) is 48.8 Å². The predicted molar refractivity (Wildman–Crippen MR) is 140 cm³/mol. The number of thioether (sulfide) groups is 1. The number of piperazine rings is 1. The highest BCUT2D eigenvalue weighted by Gasteiger charge is 2.38. The molecule has 1 unspecified atom stereocenters.